The van der Waals surface area contributed by atoms with Crippen molar-refractivity contribution in [3.05, 3.63) is 42.0 Å². The summed E-state index contributed by atoms with van der Waals surface area (Å²) >= 11 is 0. The second-order valence-corrected chi connectivity index (χ2v) is 3.77. The summed E-state index contributed by atoms with van der Waals surface area (Å²) in [7, 11) is 0. The van der Waals surface area contributed by atoms with Crippen LogP contribution in [-0.2, 0) is 0 Å². The minimum Gasteiger partial charge on any atom is -0.494 e. The van der Waals surface area contributed by atoms with Gasteiger partial charge in [0.1, 0.15) is 5.75 Å². The Bertz CT molecular complexity index is 333. The van der Waals surface area contributed by atoms with Crippen LogP contribution in [-0.4, -0.2) is 6.61 Å². The Morgan fingerprint density at radius 3 is 2.87 bits per heavy atom. The van der Waals surface area contributed by atoms with Gasteiger partial charge in [-0.25, -0.2) is 0 Å². The number of hydrogen-bond donors (Lipinski definition) is 1. The zero-order chi connectivity index (χ0) is 11.3. The summed E-state index contributed by atoms with van der Waals surface area (Å²) < 4.78 is 5.42. The molecule has 0 unspecified atom stereocenters. The molecule has 1 aromatic rings. The van der Waals surface area contributed by atoms with E-state index in [2.05, 4.69) is 6.58 Å². The monoisotopic (exact) mass is 205 g/mol. The highest BCUT2D eigenvalue weighted by atomic mass is 16.5. The van der Waals surface area contributed by atoms with Crippen molar-refractivity contribution < 1.29 is 4.74 Å². The Labute approximate surface area is 91.7 Å². The van der Waals surface area contributed by atoms with Crippen LogP contribution in [0.1, 0.15) is 31.9 Å². The van der Waals surface area contributed by atoms with Crippen molar-refractivity contribution >= 4 is 0 Å². The molecule has 2 N–H and O–H groups in total. The molecule has 15 heavy (non-hydrogen) atoms. The number of benzene rings is 1. The standard InChI is InChI=1S/C13H19NO/c1-4-15-12-7-5-6-11(9-12)13(14)8-10(2)3/h5-7,9,13H,2,4,8,14H2,1,3H3/t13-/m0/s1. The van der Waals surface area contributed by atoms with Crippen LogP contribution >= 0.6 is 0 Å². The Balaban J connectivity index is 2.75. The lowest BCUT2D eigenvalue weighted by Gasteiger charge is -2.13. The largest absolute Gasteiger partial charge is 0.494 e. The molecular formula is C13H19NO. The summed E-state index contributed by atoms with van der Waals surface area (Å²) in [6.07, 6.45) is 0.815. The molecule has 0 amide bonds. The normalized spacial score (nSPS) is 12.2. The fraction of sp³-hybridized carbons (Fsp3) is 0.385. The molecule has 0 saturated carbocycles. The zero-order valence-electron chi connectivity index (χ0n) is 9.49. The molecule has 0 fully saturated rings. The van der Waals surface area contributed by atoms with E-state index in [1.165, 1.54) is 0 Å². The molecule has 0 bridgehead atoms. The van der Waals surface area contributed by atoms with Crippen LogP contribution in [0.5, 0.6) is 5.75 Å². The van der Waals surface area contributed by atoms with Gasteiger partial charge in [-0.15, -0.1) is 6.58 Å². The summed E-state index contributed by atoms with van der Waals surface area (Å²) in [5, 5.41) is 0. The molecular weight excluding hydrogens is 186 g/mol. The van der Waals surface area contributed by atoms with E-state index >= 15 is 0 Å². The summed E-state index contributed by atoms with van der Waals surface area (Å²) in [6.45, 7) is 8.51. The van der Waals surface area contributed by atoms with Crippen LogP contribution in [0, 0.1) is 0 Å². The molecule has 0 spiro atoms. The SMILES string of the molecule is C=C(C)C[C@H](N)c1cccc(OCC)c1. The van der Waals surface area contributed by atoms with Crippen LogP contribution < -0.4 is 10.5 Å². The van der Waals surface area contributed by atoms with Crippen molar-refractivity contribution in [3.8, 4) is 5.75 Å². The van der Waals surface area contributed by atoms with Gasteiger partial charge in [0.05, 0.1) is 6.61 Å². The Kier molecular flexibility index (Phi) is 4.37. The molecule has 2 heteroatoms. The van der Waals surface area contributed by atoms with E-state index in [4.69, 9.17) is 10.5 Å². The van der Waals surface area contributed by atoms with Crippen LogP contribution in [0.4, 0.5) is 0 Å². The summed E-state index contributed by atoms with van der Waals surface area (Å²) in [4.78, 5) is 0. The van der Waals surface area contributed by atoms with E-state index in [-0.39, 0.29) is 6.04 Å². The molecule has 0 aliphatic heterocycles. The highest BCUT2D eigenvalue weighted by Gasteiger charge is 2.06. The maximum Gasteiger partial charge on any atom is 0.119 e. The third-order valence-electron chi connectivity index (χ3n) is 2.17. The molecule has 0 heterocycles. The zero-order valence-corrected chi connectivity index (χ0v) is 9.49. The molecule has 1 atom stereocenters. The van der Waals surface area contributed by atoms with Gasteiger partial charge in [0.15, 0.2) is 0 Å². The van der Waals surface area contributed by atoms with E-state index in [1.54, 1.807) is 0 Å². The first-order valence-electron chi connectivity index (χ1n) is 5.26. The third kappa shape index (κ3) is 3.76. The Morgan fingerprint density at radius 2 is 2.27 bits per heavy atom. The lowest BCUT2D eigenvalue weighted by molar-refractivity contribution is 0.339. The van der Waals surface area contributed by atoms with E-state index in [1.807, 2.05) is 38.1 Å². The van der Waals surface area contributed by atoms with Crippen LogP contribution in [0.2, 0.25) is 0 Å². The number of hydrogen-bond acceptors (Lipinski definition) is 2. The lowest BCUT2D eigenvalue weighted by Crippen LogP contribution is -2.10. The summed E-state index contributed by atoms with van der Waals surface area (Å²) in [5.74, 6) is 0.882. The first kappa shape index (κ1) is 11.8. The molecule has 2 nitrogen and oxygen atoms in total. The molecule has 0 saturated heterocycles. The predicted molar refractivity (Wildman–Crippen MR) is 64.0 cm³/mol. The van der Waals surface area contributed by atoms with Crippen molar-refractivity contribution in [2.45, 2.75) is 26.3 Å². The summed E-state index contributed by atoms with van der Waals surface area (Å²) in [5.41, 5.74) is 8.25. The van der Waals surface area contributed by atoms with E-state index < -0.39 is 0 Å². The van der Waals surface area contributed by atoms with Crippen molar-refractivity contribution in [1.29, 1.82) is 0 Å². The topological polar surface area (TPSA) is 35.2 Å². The third-order valence-corrected chi connectivity index (χ3v) is 2.17. The fourth-order valence-electron chi connectivity index (χ4n) is 1.49. The van der Waals surface area contributed by atoms with Gasteiger partial charge >= 0.3 is 0 Å². The Hall–Kier alpha value is -1.28. The molecule has 0 aliphatic rings. The predicted octanol–water partition coefficient (Wildman–Crippen LogP) is 3.05. The van der Waals surface area contributed by atoms with Crippen molar-refractivity contribution in [2.75, 3.05) is 6.61 Å². The van der Waals surface area contributed by atoms with Crippen LogP contribution in [0.25, 0.3) is 0 Å². The number of ether oxygens (including phenoxy) is 1. The summed E-state index contributed by atoms with van der Waals surface area (Å²) in [6, 6.07) is 7.95. The second kappa shape index (κ2) is 5.56. The van der Waals surface area contributed by atoms with Gasteiger partial charge in [-0.2, -0.15) is 0 Å². The number of nitrogens with two attached hydrogens (primary N) is 1. The molecule has 0 aliphatic carbocycles. The second-order valence-electron chi connectivity index (χ2n) is 3.77. The van der Waals surface area contributed by atoms with E-state index in [9.17, 15) is 0 Å². The van der Waals surface area contributed by atoms with Gasteiger partial charge in [-0.1, -0.05) is 17.7 Å². The fourth-order valence-corrected chi connectivity index (χ4v) is 1.49. The van der Waals surface area contributed by atoms with Crippen molar-refractivity contribution in [2.24, 2.45) is 5.73 Å². The number of rotatable bonds is 5. The lowest BCUT2D eigenvalue weighted by atomic mass is 10.0. The molecule has 1 rings (SSSR count). The smallest absolute Gasteiger partial charge is 0.119 e. The molecule has 0 aromatic heterocycles. The highest BCUT2D eigenvalue weighted by Crippen LogP contribution is 2.21. The molecule has 0 radical (unpaired) electrons. The minimum atomic E-state index is 0.0166. The van der Waals surface area contributed by atoms with Crippen molar-refractivity contribution in [3.63, 3.8) is 0 Å². The molecule has 1 aromatic carbocycles. The van der Waals surface area contributed by atoms with Crippen LogP contribution in [0.3, 0.4) is 0 Å². The highest BCUT2D eigenvalue weighted by molar-refractivity contribution is 5.31. The first-order valence-corrected chi connectivity index (χ1v) is 5.26. The van der Waals surface area contributed by atoms with E-state index in [0.29, 0.717) is 6.61 Å². The first-order chi connectivity index (χ1) is 7.13. The average molecular weight is 205 g/mol. The molecule has 82 valence electrons. The van der Waals surface area contributed by atoms with E-state index in [0.717, 1.165) is 23.3 Å². The maximum absolute atomic E-state index is 6.04. The quantitative estimate of drug-likeness (QED) is 0.750. The Morgan fingerprint density at radius 1 is 1.53 bits per heavy atom. The average Bonchev–Trinajstić information content (AvgIpc) is 2.17. The van der Waals surface area contributed by atoms with Gasteiger partial charge in [0.2, 0.25) is 0 Å². The van der Waals surface area contributed by atoms with Crippen molar-refractivity contribution in [1.82, 2.24) is 0 Å². The minimum absolute atomic E-state index is 0.0166. The van der Waals surface area contributed by atoms with Crippen LogP contribution in [0.15, 0.2) is 36.4 Å². The van der Waals surface area contributed by atoms with Gasteiger partial charge in [-0.05, 0) is 38.0 Å². The van der Waals surface area contributed by atoms with Gasteiger partial charge in [-0.3, -0.25) is 0 Å². The van der Waals surface area contributed by atoms with Gasteiger partial charge in [0, 0.05) is 6.04 Å². The van der Waals surface area contributed by atoms with Gasteiger partial charge in [0.25, 0.3) is 0 Å². The maximum atomic E-state index is 6.04. The van der Waals surface area contributed by atoms with Gasteiger partial charge < -0.3 is 10.5 Å².